The average molecular weight is 560 g/mol. The van der Waals surface area contributed by atoms with Crippen LogP contribution in [0.15, 0.2) is 90.0 Å². The van der Waals surface area contributed by atoms with Gasteiger partial charge >= 0.3 is 0 Å². The first-order valence-electron chi connectivity index (χ1n) is 13.0. The molecule has 7 N–H and O–H groups in total. The normalized spacial score (nSPS) is 11.9. The molecule has 0 saturated carbocycles. The number of benzene rings is 3. The second kappa shape index (κ2) is 15.4. The lowest BCUT2D eigenvalue weighted by molar-refractivity contribution is -0.485. The third kappa shape index (κ3) is 10.1. The van der Waals surface area contributed by atoms with Gasteiger partial charge in [-0.25, -0.2) is 10.1 Å². The molecule has 0 spiro atoms. The van der Waals surface area contributed by atoms with E-state index in [1.54, 1.807) is 24.3 Å². The van der Waals surface area contributed by atoms with Gasteiger partial charge in [-0.2, -0.15) is 0 Å². The number of primary amides is 1. The van der Waals surface area contributed by atoms with E-state index in [9.17, 15) is 24.5 Å². The number of carbonyl (C=O) groups excluding carboxylic acids is 3. The molecule has 0 heterocycles. The van der Waals surface area contributed by atoms with Crippen LogP contribution in [0.2, 0.25) is 0 Å². The molecular formula is C29H33N7O5. The number of nitrogens with zero attached hydrogens (tertiary/aromatic N) is 2. The van der Waals surface area contributed by atoms with Gasteiger partial charge in [0, 0.05) is 13.1 Å². The highest BCUT2D eigenvalue weighted by molar-refractivity contribution is 5.92. The van der Waals surface area contributed by atoms with Crippen molar-refractivity contribution < 1.29 is 19.4 Å². The maximum atomic E-state index is 13.7. The molecule has 0 fully saturated rings. The van der Waals surface area contributed by atoms with Gasteiger partial charge in [-0.1, -0.05) is 84.9 Å². The van der Waals surface area contributed by atoms with Crippen molar-refractivity contribution in [3.63, 3.8) is 0 Å². The molecule has 3 amide bonds. The minimum absolute atomic E-state index is 0.121. The summed E-state index contributed by atoms with van der Waals surface area (Å²) in [6.07, 6.45) is 0.704. The minimum Gasteiger partial charge on any atom is -0.369 e. The smallest absolute Gasteiger partial charge is 0.266 e. The molecule has 0 aliphatic rings. The van der Waals surface area contributed by atoms with E-state index in [1.807, 2.05) is 60.7 Å². The monoisotopic (exact) mass is 559 g/mol. The molecule has 3 aromatic carbocycles. The highest BCUT2D eigenvalue weighted by Gasteiger charge is 2.27. The summed E-state index contributed by atoms with van der Waals surface area (Å²) in [4.78, 5) is 48.6. The molecule has 0 saturated heterocycles. The highest BCUT2D eigenvalue weighted by Crippen LogP contribution is 2.25. The van der Waals surface area contributed by atoms with E-state index in [2.05, 4.69) is 21.1 Å². The fraction of sp³-hybridized carbons (Fsp3) is 0.241. The molecule has 41 heavy (non-hydrogen) atoms. The first-order chi connectivity index (χ1) is 19.7. The Balaban J connectivity index is 1.73. The zero-order valence-electron chi connectivity index (χ0n) is 22.4. The Hall–Kier alpha value is -5.26. The molecular weight excluding hydrogens is 526 g/mol. The fourth-order valence-electron chi connectivity index (χ4n) is 4.24. The van der Waals surface area contributed by atoms with Crippen molar-refractivity contribution in [1.82, 2.24) is 16.0 Å². The van der Waals surface area contributed by atoms with Crippen LogP contribution in [-0.2, 0) is 27.3 Å². The highest BCUT2D eigenvalue weighted by atomic mass is 16.7. The van der Waals surface area contributed by atoms with Crippen LogP contribution < -0.4 is 27.4 Å². The first-order valence-corrected chi connectivity index (χ1v) is 13.0. The Morgan fingerprint density at radius 1 is 0.805 bits per heavy atom. The topological polar surface area (TPSA) is 195 Å². The second-order valence-corrected chi connectivity index (χ2v) is 9.29. The first kappa shape index (κ1) is 30.3. The van der Waals surface area contributed by atoms with Crippen LogP contribution >= 0.6 is 0 Å². The van der Waals surface area contributed by atoms with E-state index in [4.69, 9.17) is 11.5 Å². The summed E-state index contributed by atoms with van der Waals surface area (Å²) in [6.45, 7) is 0.397. The Morgan fingerprint density at radius 3 is 1.90 bits per heavy atom. The summed E-state index contributed by atoms with van der Waals surface area (Å²) in [5.74, 6) is -2.18. The van der Waals surface area contributed by atoms with Crippen LogP contribution in [0.25, 0.3) is 0 Å². The van der Waals surface area contributed by atoms with Crippen LogP contribution in [-0.4, -0.2) is 41.3 Å². The van der Waals surface area contributed by atoms with E-state index in [-0.39, 0.29) is 37.8 Å². The largest absolute Gasteiger partial charge is 0.369 e. The van der Waals surface area contributed by atoms with E-state index in [0.717, 1.165) is 22.3 Å². The minimum atomic E-state index is -0.910. The van der Waals surface area contributed by atoms with Gasteiger partial charge < -0.3 is 27.4 Å². The van der Waals surface area contributed by atoms with Crippen molar-refractivity contribution >= 4 is 23.7 Å². The van der Waals surface area contributed by atoms with E-state index in [0.29, 0.717) is 6.42 Å². The number of rotatable bonds is 14. The van der Waals surface area contributed by atoms with E-state index in [1.165, 1.54) is 0 Å². The molecule has 12 nitrogen and oxygen atoms in total. The maximum absolute atomic E-state index is 13.7. The van der Waals surface area contributed by atoms with Gasteiger partial charge in [0.15, 0.2) is 5.03 Å². The fourth-order valence-corrected chi connectivity index (χ4v) is 4.24. The Morgan fingerprint density at radius 2 is 1.37 bits per heavy atom. The van der Waals surface area contributed by atoms with Gasteiger partial charge in [0.05, 0.1) is 12.3 Å². The van der Waals surface area contributed by atoms with Crippen molar-refractivity contribution in [2.75, 3.05) is 6.54 Å². The third-order valence-electron chi connectivity index (χ3n) is 6.19. The molecule has 214 valence electrons. The number of amides is 3. The number of nitrogens with two attached hydrogens (primary N) is 2. The van der Waals surface area contributed by atoms with Crippen molar-refractivity contribution in [2.24, 2.45) is 16.6 Å². The number of nitrogens with one attached hydrogen (secondary N) is 3. The third-order valence-corrected chi connectivity index (χ3v) is 6.19. The van der Waals surface area contributed by atoms with Crippen LogP contribution in [0.1, 0.15) is 41.0 Å². The summed E-state index contributed by atoms with van der Waals surface area (Å²) in [5.41, 5.74) is 13.8. The number of hydrogen-bond acceptors (Lipinski definition) is 5. The molecule has 0 aromatic heterocycles. The summed E-state index contributed by atoms with van der Waals surface area (Å²) in [6, 6.07) is 24.7. The van der Waals surface area contributed by atoms with Crippen LogP contribution in [0.5, 0.6) is 0 Å². The number of carbonyl (C=O) groups is 3. The molecule has 0 radical (unpaired) electrons. The molecule has 0 aliphatic heterocycles. The lowest BCUT2D eigenvalue weighted by Crippen LogP contribution is -2.48. The summed E-state index contributed by atoms with van der Waals surface area (Å²) in [5, 5.41) is 20.9. The number of hydrazone groups is 1. The maximum Gasteiger partial charge on any atom is 0.266 e. The van der Waals surface area contributed by atoms with Gasteiger partial charge in [-0.15, -0.1) is 0 Å². The SMILES string of the molecule is NC(=O)Cc1ccc(CNC(=O)[C@@H](CCCN/C(N)=N\[N+](=O)[O-])NC(=O)C(c2ccccc2)c2ccccc2)cc1. The lowest BCUT2D eigenvalue weighted by atomic mass is 9.90. The number of nitro groups is 1. The van der Waals surface area contributed by atoms with Crippen LogP contribution in [0, 0.1) is 10.1 Å². The summed E-state index contributed by atoms with van der Waals surface area (Å²) < 4.78 is 0. The standard InChI is InChI=1S/C29H33N7O5/c30-25(37)18-20-13-15-21(16-14-20)19-33-27(38)24(12-7-17-32-29(31)35-36(40)41)34-28(39)26(22-8-3-1-4-9-22)23-10-5-2-6-11-23/h1-6,8-11,13-16,24,26H,7,12,17-19H2,(H2,30,37)(H,33,38)(H,34,39)(H3,31,32,35)/t24-/m1/s1. The molecule has 0 aliphatic carbocycles. The summed E-state index contributed by atoms with van der Waals surface area (Å²) in [7, 11) is 0. The molecule has 1 atom stereocenters. The van der Waals surface area contributed by atoms with Crippen molar-refractivity contribution in [1.29, 1.82) is 0 Å². The van der Waals surface area contributed by atoms with Gasteiger partial charge in [-0.05, 0) is 35.1 Å². The van der Waals surface area contributed by atoms with Gasteiger partial charge in [0.25, 0.3) is 5.96 Å². The number of guanidine groups is 1. The molecule has 3 aromatic rings. The molecule has 0 bridgehead atoms. The van der Waals surface area contributed by atoms with Crippen molar-refractivity contribution in [2.45, 2.75) is 37.8 Å². The zero-order valence-corrected chi connectivity index (χ0v) is 22.4. The lowest BCUT2D eigenvalue weighted by Gasteiger charge is -2.23. The predicted octanol–water partition coefficient (Wildman–Crippen LogP) is 1.52. The molecule has 3 rings (SSSR count). The molecule has 0 unspecified atom stereocenters. The Kier molecular flexibility index (Phi) is 11.3. The Bertz CT molecular complexity index is 1310. The van der Waals surface area contributed by atoms with E-state index < -0.39 is 28.8 Å². The van der Waals surface area contributed by atoms with E-state index >= 15 is 0 Å². The predicted molar refractivity (Wildman–Crippen MR) is 154 cm³/mol. The molecule has 12 heteroatoms. The zero-order chi connectivity index (χ0) is 29.6. The Labute approximate surface area is 237 Å². The second-order valence-electron chi connectivity index (χ2n) is 9.29. The summed E-state index contributed by atoms with van der Waals surface area (Å²) >= 11 is 0. The van der Waals surface area contributed by atoms with Crippen LogP contribution in [0.4, 0.5) is 0 Å². The van der Waals surface area contributed by atoms with Gasteiger partial charge in [-0.3, -0.25) is 14.4 Å². The van der Waals surface area contributed by atoms with Crippen LogP contribution in [0.3, 0.4) is 0 Å². The van der Waals surface area contributed by atoms with Gasteiger partial charge in [0.2, 0.25) is 17.7 Å². The van der Waals surface area contributed by atoms with Crippen molar-refractivity contribution in [3.8, 4) is 0 Å². The average Bonchev–Trinajstić information content (AvgIpc) is 2.94. The number of hydrogen-bond donors (Lipinski definition) is 5. The quantitative estimate of drug-likeness (QED) is 0.0649. The van der Waals surface area contributed by atoms with Crippen molar-refractivity contribution in [3.05, 3.63) is 117 Å². The van der Waals surface area contributed by atoms with Gasteiger partial charge in [0.1, 0.15) is 11.1 Å².